The molecule has 0 bridgehead atoms. The van der Waals surface area contributed by atoms with Crippen LogP contribution in [-0.4, -0.2) is 50.4 Å². The Hall–Kier alpha value is -4.61. The van der Waals surface area contributed by atoms with Crippen molar-refractivity contribution in [3.63, 3.8) is 0 Å². The van der Waals surface area contributed by atoms with E-state index in [9.17, 15) is 4.79 Å². The van der Waals surface area contributed by atoms with Crippen molar-refractivity contribution in [2.45, 2.75) is 25.9 Å². The molecule has 39 heavy (non-hydrogen) atoms. The first kappa shape index (κ1) is 26.0. The normalized spacial score (nSPS) is 11.2. The van der Waals surface area contributed by atoms with Crippen molar-refractivity contribution in [3.05, 3.63) is 78.0 Å². The number of nitrogens with two attached hydrogens (primary N) is 2. The van der Waals surface area contributed by atoms with Gasteiger partial charge in [0.15, 0.2) is 17.3 Å². The number of rotatable bonds is 12. The number of nitrogens with zero attached hydrogens (tertiary/aromatic N) is 5. The summed E-state index contributed by atoms with van der Waals surface area (Å²) < 4.78 is 6.82. The van der Waals surface area contributed by atoms with Crippen LogP contribution in [0.2, 0.25) is 0 Å². The predicted octanol–water partition coefficient (Wildman–Crippen LogP) is 2.99. The SMILES string of the molecule is NCCCCn1c(-c2nonc2N)nc2c(-c3ccccc3)ncc(C(=O)NCCNCc3ccccc3)c21. The van der Waals surface area contributed by atoms with Gasteiger partial charge in [-0.1, -0.05) is 60.7 Å². The van der Waals surface area contributed by atoms with E-state index >= 15 is 0 Å². The molecule has 0 unspecified atom stereocenters. The molecular formula is C28H31N9O2. The molecule has 3 aromatic heterocycles. The summed E-state index contributed by atoms with van der Waals surface area (Å²) in [6.45, 7) is 2.88. The number of aryl methyl sites for hydroxylation is 1. The molecule has 11 heteroatoms. The zero-order chi connectivity index (χ0) is 27.0. The average Bonchev–Trinajstić information content (AvgIpc) is 3.56. The number of amides is 1. The Labute approximate surface area is 225 Å². The van der Waals surface area contributed by atoms with Crippen LogP contribution in [0.25, 0.3) is 33.8 Å². The number of unbranched alkanes of at least 4 members (excludes halogenated alkanes) is 1. The molecule has 0 fully saturated rings. The molecule has 5 aromatic rings. The lowest BCUT2D eigenvalue weighted by Crippen LogP contribution is -2.32. The molecule has 1 amide bonds. The molecule has 0 saturated carbocycles. The number of pyridine rings is 1. The highest BCUT2D eigenvalue weighted by atomic mass is 16.6. The van der Waals surface area contributed by atoms with Gasteiger partial charge in [-0.05, 0) is 35.3 Å². The van der Waals surface area contributed by atoms with E-state index < -0.39 is 0 Å². The second kappa shape index (κ2) is 12.3. The number of carbonyl (C=O) groups excluding carboxylic acids is 1. The van der Waals surface area contributed by atoms with Crippen molar-refractivity contribution in [1.29, 1.82) is 0 Å². The number of nitrogens with one attached hydrogen (secondary N) is 2. The van der Waals surface area contributed by atoms with Crippen molar-refractivity contribution in [2.24, 2.45) is 5.73 Å². The smallest absolute Gasteiger partial charge is 0.255 e. The second-order valence-corrected chi connectivity index (χ2v) is 9.08. The molecule has 0 aliphatic carbocycles. The quantitative estimate of drug-likeness (QED) is 0.179. The number of anilines is 1. The summed E-state index contributed by atoms with van der Waals surface area (Å²) in [5.41, 5.74) is 16.5. The molecular weight excluding hydrogens is 494 g/mol. The Bertz CT molecular complexity index is 1530. The standard InChI is InChI=1S/C28H31N9O2/c29-13-7-8-16-37-25-21(28(38)32-15-14-31-17-19-9-3-1-4-10-19)18-33-22(20-11-5-2-6-12-20)23(25)34-27(37)24-26(30)36-39-35-24/h1-6,9-12,18,31H,7-8,13-17,29H2,(H2,30,36)(H,32,38). The predicted molar refractivity (Wildman–Crippen MR) is 149 cm³/mol. The molecule has 200 valence electrons. The van der Waals surface area contributed by atoms with Gasteiger partial charge in [-0.25, -0.2) is 9.61 Å². The molecule has 5 rings (SSSR count). The molecule has 0 aliphatic rings. The van der Waals surface area contributed by atoms with Gasteiger partial charge in [-0.15, -0.1) is 0 Å². The van der Waals surface area contributed by atoms with Gasteiger partial charge in [0.1, 0.15) is 5.52 Å². The van der Waals surface area contributed by atoms with Crippen molar-refractivity contribution >= 4 is 22.8 Å². The van der Waals surface area contributed by atoms with Crippen molar-refractivity contribution in [1.82, 2.24) is 35.5 Å². The molecule has 2 aromatic carbocycles. The number of aromatic nitrogens is 5. The van der Waals surface area contributed by atoms with E-state index in [0.717, 1.165) is 24.9 Å². The lowest BCUT2D eigenvalue weighted by atomic mass is 10.1. The maximum absolute atomic E-state index is 13.5. The summed E-state index contributed by atoms with van der Waals surface area (Å²) in [6.07, 6.45) is 3.18. The van der Waals surface area contributed by atoms with Gasteiger partial charge < -0.3 is 26.7 Å². The molecule has 0 spiro atoms. The summed E-state index contributed by atoms with van der Waals surface area (Å²) in [4.78, 5) is 23.0. The summed E-state index contributed by atoms with van der Waals surface area (Å²) in [5, 5.41) is 14.1. The molecule has 3 heterocycles. The summed E-state index contributed by atoms with van der Waals surface area (Å²) >= 11 is 0. The van der Waals surface area contributed by atoms with Gasteiger partial charge in [-0.3, -0.25) is 9.78 Å². The number of imidazole rings is 1. The van der Waals surface area contributed by atoms with Crippen molar-refractivity contribution in [2.75, 3.05) is 25.4 Å². The minimum atomic E-state index is -0.244. The number of carbonyl (C=O) groups is 1. The Balaban J connectivity index is 1.49. The molecule has 0 radical (unpaired) electrons. The third kappa shape index (κ3) is 5.79. The first-order chi connectivity index (χ1) is 19.2. The van der Waals surface area contributed by atoms with Gasteiger partial charge in [-0.2, -0.15) is 0 Å². The number of benzene rings is 2. The van der Waals surface area contributed by atoms with E-state index in [2.05, 4.69) is 38.1 Å². The van der Waals surface area contributed by atoms with Crippen LogP contribution < -0.4 is 22.1 Å². The van der Waals surface area contributed by atoms with Crippen LogP contribution in [-0.2, 0) is 13.1 Å². The maximum atomic E-state index is 13.5. The van der Waals surface area contributed by atoms with Crippen LogP contribution in [0.15, 0.2) is 71.5 Å². The van der Waals surface area contributed by atoms with Gasteiger partial charge in [0.25, 0.3) is 5.91 Å². The molecule has 11 nitrogen and oxygen atoms in total. The maximum Gasteiger partial charge on any atom is 0.255 e. The Kier molecular flexibility index (Phi) is 8.20. The first-order valence-corrected chi connectivity index (χ1v) is 12.9. The van der Waals surface area contributed by atoms with E-state index in [4.69, 9.17) is 21.1 Å². The van der Waals surface area contributed by atoms with Gasteiger partial charge in [0, 0.05) is 37.9 Å². The number of hydrogen-bond donors (Lipinski definition) is 4. The van der Waals surface area contributed by atoms with Crippen LogP contribution in [0.5, 0.6) is 0 Å². The van der Waals surface area contributed by atoms with Gasteiger partial charge in [0.2, 0.25) is 0 Å². The molecule has 0 atom stereocenters. The first-order valence-electron chi connectivity index (χ1n) is 12.9. The summed E-state index contributed by atoms with van der Waals surface area (Å²) in [6, 6.07) is 19.8. The topological polar surface area (TPSA) is 163 Å². The average molecular weight is 526 g/mol. The van der Waals surface area contributed by atoms with E-state index in [1.54, 1.807) is 6.20 Å². The van der Waals surface area contributed by atoms with Crippen molar-refractivity contribution < 1.29 is 9.42 Å². The van der Waals surface area contributed by atoms with E-state index in [1.165, 1.54) is 5.56 Å². The number of hydrogen-bond acceptors (Lipinski definition) is 9. The lowest BCUT2D eigenvalue weighted by molar-refractivity contribution is 0.0955. The van der Waals surface area contributed by atoms with Crippen LogP contribution in [0.3, 0.4) is 0 Å². The second-order valence-electron chi connectivity index (χ2n) is 9.08. The Morgan fingerprint density at radius 3 is 2.44 bits per heavy atom. The minimum Gasteiger partial charge on any atom is -0.379 e. The summed E-state index contributed by atoms with van der Waals surface area (Å²) in [7, 11) is 0. The zero-order valence-corrected chi connectivity index (χ0v) is 21.5. The highest BCUT2D eigenvalue weighted by Crippen LogP contribution is 2.34. The molecule has 0 aliphatic heterocycles. The molecule has 6 N–H and O–H groups in total. The largest absolute Gasteiger partial charge is 0.379 e. The minimum absolute atomic E-state index is 0.120. The van der Waals surface area contributed by atoms with Crippen LogP contribution in [0, 0.1) is 0 Å². The van der Waals surface area contributed by atoms with E-state index in [1.807, 2.05) is 53.1 Å². The highest BCUT2D eigenvalue weighted by molar-refractivity contribution is 6.08. The van der Waals surface area contributed by atoms with Crippen molar-refractivity contribution in [3.8, 4) is 22.8 Å². The van der Waals surface area contributed by atoms with E-state index in [0.29, 0.717) is 60.0 Å². The third-order valence-corrected chi connectivity index (χ3v) is 6.38. The monoisotopic (exact) mass is 525 g/mol. The number of fused-ring (bicyclic) bond motifs is 1. The Morgan fingerprint density at radius 1 is 0.949 bits per heavy atom. The fourth-order valence-corrected chi connectivity index (χ4v) is 4.47. The van der Waals surface area contributed by atoms with Crippen LogP contribution in [0.1, 0.15) is 28.8 Å². The fraction of sp³-hybridized carbons (Fsp3) is 0.250. The van der Waals surface area contributed by atoms with Gasteiger partial charge in [0.05, 0.1) is 16.8 Å². The number of nitrogen functional groups attached to an aromatic ring is 1. The van der Waals surface area contributed by atoms with E-state index in [-0.39, 0.29) is 11.7 Å². The van der Waals surface area contributed by atoms with Gasteiger partial charge >= 0.3 is 0 Å². The fourth-order valence-electron chi connectivity index (χ4n) is 4.47. The Morgan fingerprint density at radius 2 is 1.72 bits per heavy atom. The lowest BCUT2D eigenvalue weighted by Gasteiger charge is -2.12. The third-order valence-electron chi connectivity index (χ3n) is 6.38. The van der Waals surface area contributed by atoms with Crippen LogP contribution in [0.4, 0.5) is 5.82 Å². The zero-order valence-electron chi connectivity index (χ0n) is 21.5. The summed E-state index contributed by atoms with van der Waals surface area (Å²) in [5.74, 6) is 0.339. The highest BCUT2D eigenvalue weighted by Gasteiger charge is 2.25. The molecule has 0 saturated heterocycles. The van der Waals surface area contributed by atoms with Crippen LogP contribution >= 0.6 is 0 Å².